The number of carboxylic acid groups (broad SMARTS) is 1. The smallest absolute Gasteiger partial charge is 0.352 e. The summed E-state index contributed by atoms with van der Waals surface area (Å²) < 4.78 is 32.5. The van der Waals surface area contributed by atoms with Crippen LogP contribution in [0.3, 0.4) is 0 Å². The summed E-state index contributed by atoms with van der Waals surface area (Å²) in [6.07, 6.45) is 1.83. The van der Waals surface area contributed by atoms with Gasteiger partial charge < -0.3 is 14.4 Å². The first-order valence-corrected chi connectivity index (χ1v) is 7.34. The molecule has 0 saturated heterocycles. The molecule has 7 nitrogen and oxygen atoms in total. The summed E-state index contributed by atoms with van der Waals surface area (Å²) in [5.41, 5.74) is -0.0744. The van der Waals surface area contributed by atoms with E-state index in [4.69, 9.17) is 9.84 Å². The lowest BCUT2D eigenvalue weighted by Crippen LogP contribution is -2.25. The van der Waals surface area contributed by atoms with Crippen molar-refractivity contribution in [3.05, 3.63) is 18.0 Å². The molecule has 0 unspecified atom stereocenters. The molecule has 0 bridgehead atoms. The van der Waals surface area contributed by atoms with Gasteiger partial charge in [-0.1, -0.05) is 0 Å². The van der Waals surface area contributed by atoms with Crippen molar-refractivity contribution < 1.29 is 23.1 Å². The Balaban J connectivity index is 2.67. The van der Waals surface area contributed by atoms with Crippen molar-refractivity contribution in [1.29, 1.82) is 0 Å². The van der Waals surface area contributed by atoms with Crippen LogP contribution in [0, 0.1) is 0 Å². The van der Waals surface area contributed by atoms with E-state index in [1.165, 1.54) is 17.8 Å². The quantitative estimate of drug-likeness (QED) is 0.677. The summed E-state index contributed by atoms with van der Waals surface area (Å²) in [6.45, 7) is 3.18. The molecule has 0 spiro atoms. The molecule has 0 aliphatic carbocycles. The van der Waals surface area contributed by atoms with Gasteiger partial charge in [0.25, 0.3) is 0 Å². The number of carbonyl (C=O) groups is 1. The average Bonchev–Trinajstić information content (AvgIpc) is 2.72. The van der Waals surface area contributed by atoms with Crippen LogP contribution in [0.15, 0.2) is 17.2 Å². The molecular formula is C11H18N2O5S. The third kappa shape index (κ3) is 4.34. The first kappa shape index (κ1) is 15.7. The lowest BCUT2D eigenvalue weighted by Gasteiger charge is -2.04. The van der Waals surface area contributed by atoms with Crippen LogP contribution >= 0.6 is 0 Å². The number of ether oxygens (including phenoxy) is 1. The number of nitrogens with zero attached hydrogens (tertiary/aromatic N) is 1. The van der Waals surface area contributed by atoms with Crippen molar-refractivity contribution in [2.24, 2.45) is 7.05 Å². The normalized spacial score (nSPS) is 11.7. The van der Waals surface area contributed by atoms with Crippen LogP contribution in [-0.4, -0.2) is 43.8 Å². The highest BCUT2D eigenvalue weighted by atomic mass is 32.2. The highest BCUT2D eigenvalue weighted by Crippen LogP contribution is 2.13. The van der Waals surface area contributed by atoms with E-state index in [9.17, 15) is 13.2 Å². The van der Waals surface area contributed by atoms with Crippen LogP contribution in [0.1, 0.15) is 23.8 Å². The maximum Gasteiger partial charge on any atom is 0.352 e. The fourth-order valence-corrected chi connectivity index (χ4v) is 2.65. The van der Waals surface area contributed by atoms with Gasteiger partial charge in [0, 0.05) is 33.0 Å². The topological polar surface area (TPSA) is 97.6 Å². The van der Waals surface area contributed by atoms with E-state index in [1.807, 2.05) is 6.92 Å². The lowest BCUT2D eigenvalue weighted by atomic mass is 10.4. The van der Waals surface area contributed by atoms with Crippen molar-refractivity contribution in [1.82, 2.24) is 9.29 Å². The van der Waals surface area contributed by atoms with Gasteiger partial charge in [0.05, 0.1) is 0 Å². The van der Waals surface area contributed by atoms with Gasteiger partial charge in [0.2, 0.25) is 10.0 Å². The van der Waals surface area contributed by atoms with Crippen molar-refractivity contribution in [3.8, 4) is 0 Å². The largest absolute Gasteiger partial charge is 0.477 e. The number of hydrogen-bond donors (Lipinski definition) is 2. The molecule has 0 amide bonds. The van der Waals surface area contributed by atoms with Gasteiger partial charge in [0.15, 0.2) is 0 Å². The molecule has 0 aromatic carbocycles. The van der Waals surface area contributed by atoms with E-state index in [2.05, 4.69) is 4.72 Å². The Kier molecular flexibility index (Phi) is 5.52. The standard InChI is InChI=1S/C11H18N2O5S/c1-3-18-6-4-5-12-19(16,17)9-7-10(11(14)15)13(2)8-9/h7-8,12H,3-6H2,1-2H3,(H,14,15). The van der Waals surface area contributed by atoms with Crippen molar-refractivity contribution in [2.75, 3.05) is 19.8 Å². The summed E-state index contributed by atoms with van der Waals surface area (Å²) in [6, 6.07) is 1.13. The molecule has 1 heterocycles. The minimum atomic E-state index is -3.67. The molecule has 0 atom stereocenters. The Morgan fingerprint density at radius 2 is 2.21 bits per heavy atom. The summed E-state index contributed by atoms with van der Waals surface area (Å²) in [7, 11) is -2.19. The van der Waals surface area contributed by atoms with E-state index >= 15 is 0 Å². The minimum Gasteiger partial charge on any atom is -0.477 e. The molecule has 1 rings (SSSR count). The molecule has 0 radical (unpaired) electrons. The first-order valence-electron chi connectivity index (χ1n) is 5.85. The molecule has 0 fully saturated rings. The zero-order chi connectivity index (χ0) is 14.5. The number of carboxylic acids is 1. The van der Waals surface area contributed by atoms with Gasteiger partial charge >= 0.3 is 5.97 Å². The number of nitrogens with one attached hydrogen (secondary N) is 1. The van der Waals surface area contributed by atoms with E-state index in [0.29, 0.717) is 19.6 Å². The Morgan fingerprint density at radius 1 is 1.53 bits per heavy atom. The van der Waals surface area contributed by atoms with E-state index in [0.717, 1.165) is 6.07 Å². The summed E-state index contributed by atoms with van der Waals surface area (Å²) in [5.74, 6) is -1.17. The Hall–Kier alpha value is -1.38. The van der Waals surface area contributed by atoms with Crippen molar-refractivity contribution in [3.63, 3.8) is 0 Å². The second-order valence-corrected chi connectivity index (χ2v) is 5.69. The van der Waals surface area contributed by atoms with Crippen LogP contribution < -0.4 is 4.72 Å². The SMILES string of the molecule is CCOCCCNS(=O)(=O)c1cc(C(=O)O)n(C)c1. The third-order valence-corrected chi connectivity index (χ3v) is 3.90. The maximum absolute atomic E-state index is 11.9. The third-order valence-electron chi connectivity index (χ3n) is 2.47. The van der Waals surface area contributed by atoms with Crippen LogP contribution in [0.4, 0.5) is 0 Å². The highest BCUT2D eigenvalue weighted by Gasteiger charge is 2.19. The van der Waals surface area contributed by atoms with Gasteiger partial charge in [-0.2, -0.15) is 0 Å². The van der Waals surface area contributed by atoms with Crippen molar-refractivity contribution >= 4 is 16.0 Å². The monoisotopic (exact) mass is 290 g/mol. The number of sulfonamides is 1. The van der Waals surface area contributed by atoms with Gasteiger partial charge in [-0.25, -0.2) is 17.9 Å². The number of rotatable bonds is 8. The molecular weight excluding hydrogens is 272 g/mol. The molecule has 19 heavy (non-hydrogen) atoms. The second kappa shape index (κ2) is 6.69. The van der Waals surface area contributed by atoms with Crippen LogP contribution in [0.2, 0.25) is 0 Å². The van der Waals surface area contributed by atoms with Gasteiger partial charge in [0.1, 0.15) is 10.6 Å². The number of aromatic nitrogens is 1. The fraction of sp³-hybridized carbons (Fsp3) is 0.545. The summed E-state index contributed by atoms with van der Waals surface area (Å²) >= 11 is 0. The molecule has 0 aliphatic heterocycles. The lowest BCUT2D eigenvalue weighted by molar-refractivity contribution is 0.0686. The Labute approximate surface area is 112 Å². The number of aromatic carboxylic acids is 1. The van der Waals surface area contributed by atoms with Gasteiger partial charge in [-0.15, -0.1) is 0 Å². The zero-order valence-corrected chi connectivity index (χ0v) is 11.7. The number of aryl methyl sites for hydroxylation is 1. The minimum absolute atomic E-state index is 0.0520. The van der Waals surface area contributed by atoms with Crippen LogP contribution in [0.5, 0.6) is 0 Å². The Morgan fingerprint density at radius 3 is 2.74 bits per heavy atom. The predicted molar refractivity (Wildman–Crippen MR) is 68.7 cm³/mol. The molecule has 2 N–H and O–H groups in total. The summed E-state index contributed by atoms with van der Waals surface area (Å²) in [4.78, 5) is 10.8. The predicted octanol–water partition coefficient (Wildman–Crippen LogP) is 0.428. The number of hydrogen-bond acceptors (Lipinski definition) is 4. The molecule has 1 aromatic heterocycles. The summed E-state index contributed by atoms with van der Waals surface area (Å²) in [5, 5.41) is 8.87. The molecule has 1 aromatic rings. The van der Waals surface area contributed by atoms with E-state index in [1.54, 1.807) is 0 Å². The van der Waals surface area contributed by atoms with E-state index < -0.39 is 16.0 Å². The molecule has 0 aliphatic rings. The zero-order valence-electron chi connectivity index (χ0n) is 10.9. The first-order chi connectivity index (χ1) is 8.88. The van der Waals surface area contributed by atoms with E-state index in [-0.39, 0.29) is 17.1 Å². The van der Waals surface area contributed by atoms with Crippen LogP contribution in [0.25, 0.3) is 0 Å². The maximum atomic E-state index is 11.9. The molecule has 108 valence electrons. The van der Waals surface area contributed by atoms with Crippen LogP contribution in [-0.2, 0) is 21.8 Å². The average molecular weight is 290 g/mol. The van der Waals surface area contributed by atoms with Crippen molar-refractivity contribution in [2.45, 2.75) is 18.2 Å². The molecule has 0 saturated carbocycles. The van der Waals surface area contributed by atoms with Gasteiger partial charge in [-0.3, -0.25) is 0 Å². The second-order valence-electron chi connectivity index (χ2n) is 3.93. The Bertz CT molecular complexity index is 535. The fourth-order valence-electron chi connectivity index (χ4n) is 1.50. The molecule has 8 heteroatoms. The highest BCUT2D eigenvalue weighted by molar-refractivity contribution is 7.89. The van der Waals surface area contributed by atoms with Gasteiger partial charge in [-0.05, 0) is 19.4 Å².